The average molecular weight is 506 g/mol. The highest BCUT2D eigenvalue weighted by molar-refractivity contribution is 5.85. The minimum absolute atomic E-state index is 0. The summed E-state index contributed by atoms with van der Waals surface area (Å²) < 4.78 is 10.9. The molecule has 6 heteroatoms. The number of anilines is 2. The molecule has 0 saturated carbocycles. The number of nitrogens with zero attached hydrogens (tertiary/aromatic N) is 3. The minimum Gasteiger partial charge on any atom is -0.383 e. The molecule has 0 aromatic heterocycles. The van der Waals surface area contributed by atoms with Crippen LogP contribution in [0.3, 0.4) is 0 Å². The Bertz CT molecular complexity index is 810. The SMILES string of the molecule is CCC1(CC)CC=C(c2cc(N3CCC(OC)CC3)ccc2N2CCN(CCOC)CC2)CC1.Cl. The zero-order valence-corrected chi connectivity index (χ0v) is 23.4. The number of ether oxygens (including phenoxy) is 2. The molecule has 1 aromatic rings. The summed E-state index contributed by atoms with van der Waals surface area (Å²) in [5, 5.41) is 0. The summed E-state index contributed by atoms with van der Waals surface area (Å²) in [5.74, 6) is 0. The van der Waals surface area contributed by atoms with Crippen LogP contribution in [0.1, 0.15) is 64.4 Å². The molecule has 35 heavy (non-hydrogen) atoms. The molecule has 0 atom stereocenters. The van der Waals surface area contributed by atoms with Gasteiger partial charge in [-0.05, 0) is 61.3 Å². The minimum atomic E-state index is 0. The van der Waals surface area contributed by atoms with Crippen LogP contribution in [0.4, 0.5) is 11.4 Å². The van der Waals surface area contributed by atoms with Gasteiger partial charge in [-0.1, -0.05) is 32.8 Å². The first-order valence-corrected chi connectivity index (χ1v) is 13.7. The first kappa shape index (κ1) is 28.3. The van der Waals surface area contributed by atoms with E-state index in [4.69, 9.17) is 9.47 Å². The number of halogens is 1. The lowest BCUT2D eigenvalue weighted by molar-refractivity contribution is 0.0819. The van der Waals surface area contributed by atoms with Crippen LogP contribution in [-0.2, 0) is 9.47 Å². The van der Waals surface area contributed by atoms with E-state index in [1.807, 2.05) is 7.11 Å². The van der Waals surface area contributed by atoms with E-state index in [1.54, 1.807) is 12.7 Å². The van der Waals surface area contributed by atoms with Gasteiger partial charge in [0.2, 0.25) is 0 Å². The highest BCUT2D eigenvalue weighted by Crippen LogP contribution is 2.45. The van der Waals surface area contributed by atoms with Gasteiger partial charge in [0.25, 0.3) is 0 Å². The molecule has 1 aliphatic carbocycles. The summed E-state index contributed by atoms with van der Waals surface area (Å²) >= 11 is 0. The van der Waals surface area contributed by atoms with Crippen LogP contribution in [0.25, 0.3) is 5.57 Å². The predicted octanol–water partition coefficient (Wildman–Crippen LogP) is 5.87. The quantitative estimate of drug-likeness (QED) is 0.418. The molecule has 5 nitrogen and oxygen atoms in total. The second kappa shape index (κ2) is 13.3. The molecule has 0 radical (unpaired) electrons. The Hall–Kier alpha value is -1.27. The molecule has 0 spiro atoms. The smallest absolute Gasteiger partial charge is 0.0605 e. The molecule has 0 N–H and O–H groups in total. The highest BCUT2D eigenvalue weighted by atomic mass is 35.5. The molecule has 3 aliphatic rings. The topological polar surface area (TPSA) is 28.2 Å². The largest absolute Gasteiger partial charge is 0.383 e. The summed E-state index contributed by atoms with van der Waals surface area (Å²) in [6.07, 6.45) is 11.6. The van der Waals surface area contributed by atoms with Crippen molar-refractivity contribution >= 4 is 29.4 Å². The number of piperazine rings is 1. The number of benzene rings is 1. The van der Waals surface area contributed by atoms with Crippen LogP contribution < -0.4 is 9.80 Å². The van der Waals surface area contributed by atoms with Crippen molar-refractivity contribution < 1.29 is 9.47 Å². The van der Waals surface area contributed by atoms with E-state index >= 15 is 0 Å². The molecule has 1 aromatic carbocycles. The van der Waals surface area contributed by atoms with E-state index in [-0.39, 0.29) is 12.4 Å². The monoisotopic (exact) mass is 505 g/mol. The van der Waals surface area contributed by atoms with Gasteiger partial charge in [-0.3, -0.25) is 4.90 Å². The third-order valence-corrected chi connectivity index (χ3v) is 9.00. The number of rotatable bonds is 9. The second-order valence-corrected chi connectivity index (χ2v) is 10.6. The van der Waals surface area contributed by atoms with E-state index in [1.165, 1.54) is 49.0 Å². The van der Waals surface area contributed by atoms with Gasteiger partial charge in [-0.15, -0.1) is 12.4 Å². The molecular weight excluding hydrogens is 458 g/mol. The van der Waals surface area contributed by atoms with Crippen molar-refractivity contribution in [3.63, 3.8) is 0 Å². The molecule has 198 valence electrons. The van der Waals surface area contributed by atoms with Gasteiger partial charge < -0.3 is 19.3 Å². The van der Waals surface area contributed by atoms with Gasteiger partial charge in [-0.25, -0.2) is 0 Å². The second-order valence-electron chi connectivity index (χ2n) is 10.6. The van der Waals surface area contributed by atoms with Gasteiger partial charge in [0.05, 0.1) is 12.7 Å². The Morgan fingerprint density at radius 3 is 2.23 bits per heavy atom. The van der Waals surface area contributed by atoms with Gasteiger partial charge in [0.1, 0.15) is 0 Å². The first-order chi connectivity index (χ1) is 16.6. The molecule has 0 unspecified atom stereocenters. The van der Waals surface area contributed by atoms with E-state index in [9.17, 15) is 0 Å². The van der Waals surface area contributed by atoms with Gasteiger partial charge in [-0.2, -0.15) is 0 Å². The lowest BCUT2D eigenvalue weighted by Gasteiger charge is -2.39. The van der Waals surface area contributed by atoms with E-state index in [2.05, 4.69) is 52.8 Å². The number of hydrogen-bond donors (Lipinski definition) is 0. The standard InChI is InChI=1S/C29H47N3O2.ClH/c1-5-29(6-2)13-9-24(10-14-29)27-23-25(31-15-11-26(34-4)12-16-31)7-8-28(27)32-19-17-30(18-20-32)21-22-33-3;/h7-9,23,26H,5-6,10-22H2,1-4H3;1H. The first-order valence-electron chi connectivity index (χ1n) is 13.7. The predicted molar refractivity (Wildman–Crippen MR) is 151 cm³/mol. The molecule has 4 rings (SSSR count). The van der Waals surface area contributed by atoms with Crippen molar-refractivity contribution in [2.75, 3.05) is 76.4 Å². The van der Waals surface area contributed by atoms with Crippen LogP contribution in [-0.4, -0.2) is 77.6 Å². The van der Waals surface area contributed by atoms with Crippen molar-refractivity contribution in [2.24, 2.45) is 5.41 Å². The van der Waals surface area contributed by atoms with Crippen LogP contribution in [0.2, 0.25) is 0 Å². The Morgan fingerprint density at radius 2 is 1.66 bits per heavy atom. The maximum Gasteiger partial charge on any atom is 0.0605 e. The number of hydrogen-bond acceptors (Lipinski definition) is 5. The molecule has 2 heterocycles. The lowest BCUT2D eigenvalue weighted by Crippen LogP contribution is -2.47. The van der Waals surface area contributed by atoms with Crippen LogP contribution in [0.15, 0.2) is 24.3 Å². The number of methoxy groups -OCH3 is 2. The lowest BCUT2D eigenvalue weighted by atomic mass is 9.70. The number of piperidine rings is 1. The van der Waals surface area contributed by atoms with Gasteiger partial charge in [0, 0.05) is 77.0 Å². The molecular formula is C29H48ClN3O2. The Kier molecular flexibility index (Phi) is 10.8. The number of allylic oxidation sites excluding steroid dienone is 2. The fourth-order valence-electron chi connectivity index (χ4n) is 6.12. The fourth-order valence-corrected chi connectivity index (χ4v) is 6.12. The summed E-state index contributed by atoms with van der Waals surface area (Å²) in [5.41, 5.74) is 6.39. The summed E-state index contributed by atoms with van der Waals surface area (Å²) in [6, 6.07) is 7.30. The third kappa shape index (κ3) is 6.74. The van der Waals surface area contributed by atoms with Gasteiger partial charge in [0.15, 0.2) is 0 Å². The van der Waals surface area contributed by atoms with Crippen molar-refractivity contribution in [1.82, 2.24) is 4.90 Å². The van der Waals surface area contributed by atoms with E-state index < -0.39 is 0 Å². The molecule has 2 aliphatic heterocycles. The van der Waals surface area contributed by atoms with Crippen LogP contribution in [0, 0.1) is 5.41 Å². The summed E-state index contributed by atoms with van der Waals surface area (Å²) in [6.45, 7) is 13.2. The highest BCUT2D eigenvalue weighted by Gasteiger charge is 2.30. The van der Waals surface area contributed by atoms with Crippen LogP contribution in [0.5, 0.6) is 0 Å². The Balaban J connectivity index is 0.00000342. The fraction of sp³-hybridized carbons (Fsp3) is 0.724. The van der Waals surface area contributed by atoms with Crippen molar-refractivity contribution in [3.8, 4) is 0 Å². The Labute approximate surface area is 220 Å². The van der Waals surface area contributed by atoms with Gasteiger partial charge >= 0.3 is 0 Å². The normalized spacial score (nSPS) is 21.5. The Morgan fingerprint density at radius 1 is 0.943 bits per heavy atom. The van der Waals surface area contributed by atoms with Crippen molar-refractivity contribution in [2.45, 2.75) is 64.9 Å². The van der Waals surface area contributed by atoms with Crippen LogP contribution >= 0.6 is 12.4 Å². The summed E-state index contributed by atoms with van der Waals surface area (Å²) in [7, 11) is 3.65. The maximum absolute atomic E-state index is 5.61. The maximum atomic E-state index is 5.61. The van der Waals surface area contributed by atoms with Crippen molar-refractivity contribution in [3.05, 3.63) is 29.8 Å². The van der Waals surface area contributed by atoms with Crippen molar-refractivity contribution in [1.29, 1.82) is 0 Å². The molecule has 2 fully saturated rings. The third-order valence-electron chi connectivity index (χ3n) is 9.00. The summed E-state index contributed by atoms with van der Waals surface area (Å²) in [4.78, 5) is 7.73. The average Bonchev–Trinajstić information content (AvgIpc) is 2.92. The molecule has 2 saturated heterocycles. The molecule has 0 amide bonds. The molecule has 0 bridgehead atoms. The van der Waals surface area contributed by atoms with E-state index in [0.717, 1.165) is 65.3 Å². The van der Waals surface area contributed by atoms with E-state index in [0.29, 0.717) is 11.5 Å². The zero-order valence-electron chi connectivity index (χ0n) is 22.6. The zero-order chi connectivity index (χ0) is 24.0.